The summed E-state index contributed by atoms with van der Waals surface area (Å²) in [7, 11) is 1.78. The maximum Gasteiger partial charge on any atom is 0.179 e. The number of quaternary nitrogens is 2. The molecule has 1 saturated heterocycles. The number of methoxy groups -OCH3 is 1. The van der Waals surface area contributed by atoms with Crippen molar-refractivity contribution in [3.63, 3.8) is 0 Å². The fourth-order valence-electron chi connectivity index (χ4n) is 4.25. The van der Waals surface area contributed by atoms with Crippen molar-refractivity contribution in [3.8, 4) is 5.75 Å². The van der Waals surface area contributed by atoms with Gasteiger partial charge in [0.15, 0.2) is 11.4 Å². The molecule has 3 nitrogen and oxygen atoms in total. The molecule has 0 atom stereocenters. The van der Waals surface area contributed by atoms with Crippen molar-refractivity contribution in [2.24, 2.45) is 5.92 Å². The lowest BCUT2D eigenvalue weighted by Crippen LogP contribution is -3.26. The van der Waals surface area contributed by atoms with Crippen LogP contribution in [0.4, 0.5) is 5.69 Å². The lowest BCUT2D eigenvalue weighted by molar-refractivity contribution is -0.986. The Balaban J connectivity index is 0.00000144. The first-order chi connectivity index (χ1) is 10.9. The van der Waals surface area contributed by atoms with Gasteiger partial charge in [0.2, 0.25) is 0 Å². The van der Waals surface area contributed by atoms with Gasteiger partial charge >= 0.3 is 0 Å². The second kappa shape index (κ2) is 11.2. The van der Waals surface area contributed by atoms with Crippen LogP contribution in [0.3, 0.4) is 0 Å². The summed E-state index contributed by atoms with van der Waals surface area (Å²) in [5.41, 5.74) is 1.34. The van der Waals surface area contributed by atoms with Crippen LogP contribution in [0.25, 0.3) is 0 Å². The van der Waals surface area contributed by atoms with Crippen LogP contribution in [0.15, 0.2) is 24.3 Å². The standard InChI is InChI=1S/C19H30N2O.2ClH/c1-22-19-10-6-5-9-18(19)21-15-13-20(14-16-21)12-11-17-7-3-2-4-8-17;;/h5-6,9-10,17H,2-4,7-8,11-16H2,1H3;2*1H. The number of halogens is 2. The summed E-state index contributed by atoms with van der Waals surface area (Å²) in [6.07, 6.45) is 8.87. The topological polar surface area (TPSA) is 18.1 Å². The van der Waals surface area contributed by atoms with Gasteiger partial charge in [0.1, 0.15) is 26.2 Å². The van der Waals surface area contributed by atoms with Crippen molar-refractivity contribution in [2.45, 2.75) is 38.5 Å². The van der Waals surface area contributed by atoms with Crippen LogP contribution in [0.2, 0.25) is 0 Å². The molecule has 0 amide bonds. The van der Waals surface area contributed by atoms with E-state index in [2.05, 4.69) is 24.3 Å². The number of benzene rings is 1. The molecule has 2 N–H and O–H groups in total. The highest BCUT2D eigenvalue weighted by atomic mass is 35.5. The van der Waals surface area contributed by atoms with Crippen molar-refractivity contribution in [1.82, 2.24) is 0 Å². The molecule has 1 aliphatic heterocycles. The van der Waals surface area contributed by atoms with Crippen molar-refractivity contribution < 1.29 is 39.4 Å². The number of nitrogens with one attached hydrogen (secondary N) is 2. The smallest absolute Gasteiger partial charge is 0.179 e. The number of rotatable bonds is 5. The Morgan fingerprint density at radius 1 is 0.958 bits per heavy atom. The van der Waals surface area contributed by atoms with Crippen LogP contribution in [-0.2, 0) is 0 Å². The third-order valence-electron chi connectivity index (χ3n) is 5.68. The molecule has 1 aliphatic carbocycles. The van der Waals surface area contributed by atoms with Gasteiger partial charge in [-0.25, -0.2) is 0 Å². The van der Waals surface area contributed by atoms with Gasteiger partial charge < -0.3 is 34.5 Å². The Morgan fingerprint density at radius 3 is 2.29 bits per heavy atom. The number of hydrogen-bond donors (Lipinski definition) is 2. The van der Waals surface area contributed by atoms with E-state index < -0.39 is 0 Å². The van der Waals surface area contributed by atoms with E-state index in [-0.39, 0.29) is 24.8 Å². The summed E-state index contributed by atoms with van der Waals surface area (Å²) in [6, 6.07) is 8.51. The average molecular weight is 375 g/mol. The Morgan fingerprint density at radius 2 is 1.62 bits per heavy atom. The first-order valence-electron chi connectivity index (χ1n) is 9.18. The van der Waals surface area contributed by atoms with Crippen molar-refractivity contribution in [1.29, 1.82) is 0 Å². The summed E-state index contributed by atoms with van der Waals surface area (Å²) in [5, 5.41) is 0. The minimum absolute atomic E-state index is 0. The average Bonchev–Trinajstić information content (AvgIpc) is 2.61. The van der Waals surface area contributed by atoms with Gasteiger partial charge in [-0.3, -0.25) is 4.90 Å². The second-order valence-electron chi connectivity index (χ2n) is 7.10. The first-order valence-corrected chi connectivity index (χ1v) is 9.18. The summed E-state index contributed by atoms with van der Waals surface area (Å²) in [4.78, 5) is 3.42. The van der Waals surface area contributed by atoms with Crippen molar-refractivity contribution in [3.05, 3.63) is 24.3 Å². The zero-order valence-corrected chi connectivity index (χ0v) is 16.3. The molecule has 0 bridgehead atoms. The molecule has 2 fully saturated rings. The first kappa shape index (κ1) is 21.6. The van der Waals surface area contributed by atoms with Gasteiger partial charge in [0.05, 0.1) is 13.7 Å². The quantitative estimate of drug-likeness (QED) is 0.528. The van der Waals surface area contributed by atoms with Crippen LogP contribution >= 0.6 is 0 Å². The summed E-state index contributed by atoms with van der Waals surface area (Å²) >= 11 is 0. The molecule has 0 spiro atoms. The second-order valence-corrected chi connectivity index (χ2v) is 7.10. The van der Waals surface area contributed by atoms with Crippen molar-refractivity contribution >= 4 is 5.69 Å². The van der Waals surface area contributed by atoms with Gasteiger partial charge in [-0.2, -0.15) is 0 Å². The van der Waals surface area contributed by atoms with E-state index in [9.17, 15) is 0 Å². The van der Waals surface area contributed by atoms with Crippen LogP contribution in [-0.4, -0.2) is 39.8 Å². The molecule has 0 unspecified atom stereocenters. The molecule has 24 heavy (non-hydrogen) atoms. The van der Waals surface area contributed by atoms with E-state index >= 15 is 0 Å². The van der Waals surface area contributed by atoms with Crippen LogP contribution < -0.4 is 39.4 Å². The summed E-state index contributed by atoms with van der Waals surface area (Å²) in [5.74, 6) is 2.07. The maximum atomic E-state index is 5.52. The zero-order valence-electron chi connectivity index (χ0n) is 14.8. The highest BCUT2D eigenvalue weighted by Crippen LogP contribution is 2.25. The Bertz CT molecular complexity index is 458. The lowest BCUT2D eigenvalue weighted by Gasteiger charge is -2.31. The highest BCUT2D eigenvalue weighted by molar-refractivity contribution is 5.45. The summed E-state index contributed by atoms with van der Waals surface area (Å²) in [6.45, 7) is 6.48. The monoisotopic (exact) mass is 374 g/mol. The van der Waals surface area contributed by atoms with Gasteiger partial charge in [-0.1, -0.05) is 44.2 Å². The molecular weight excluding hydrogens is 343 g/mol. The third-order valence-corrected chi connectivity index (χ3v) is 5.68. The van der Waals surface area contributed by atoms with E-state index in [0.29, 0.717) is 0 Å². The molecule has 138 valence electrons. The molecule has 1 saturated carbocycles. The Labute approximate surface area is 159 Å². The van der Waals surface area contributed by atoms with E-state index in [4.69, 9.17) is 4.74 Å². The zero-order chi connectivity index (χ0) is 15.2. The molecule has 1 aromatic carbocycles. The molecule has 1 aromatic rings. The molecule has 3 rings (SSSR count). The molecular formula is C19H32Cl2N2O. The summed E-state index contributed by atoms with van der Waals surface area (Å²) < 4.78 is 5.52. The molecule has 5 heteroatoms. The van der Waals surface area contributed by atoms with Gasteiger partial charge in [0.25, 0.3) is 0 Å². The van der Waals surface area contributed by atoms with Crippen LogP contribution in [0.1, 0.15) is 38.5 Å². The van der Waals surface area contributed by atoms with Crippen LogP contribution in [0, 0.1) is 5.92 Å². The molecule has 1 heterocycles. The molecule has 0 aromatic heterocycles. The number of hydrogen-bond acceptors (Lipinski definition) is 1. The molecule has 2 aliphatic rings. The lowest BCUT2D eigenvalue weighted by atomic mass is 9.87. The van der Waals surface area contributed by atoms with E-state index in [1.807, 2.05) is 4.90 Å². The van der Waals surface area contributed by atoms with E-state index in [1.165, 1.54) is 76.9 Å². The Hall–Kier alpha value is -0.480. The number of ether oxygens (including phenoxy) is 1. The highest BCUT2D eigenvalue weighted by Gasteiger charge is 2.27. The fraction of sp³-hybridized carbons (Fsp3) is 0.684. The van der Waals surface area contributed by atoms with Gasteiger partial charge in [-0.05, 0) is 18.4 Å². The number of piperazine rings is 1. The third kappa shape index (κ3) is 5.80. The normalized spacial score (nSPS) is 24.5. The van der Waals surface area contributed by atoms with Gasteiger partial charge in [-0.15, -0.1) is 0 Å². The van der Waals surface area contributed by atoms with Crippen LogP contribution in [0.5, 0.6) is 5.75 Å². The largest absolute Gasteiger partial charge is 1.00 e. The maximum absolute atomic E-state index is 5.52. The van der Waals surface area contributed by atoms with E-state index in [1.54, 1.807) is 12.0 Å². The predicted octanol–water partition coefficient (Wildman–Crippen LogP) is -4.91. The van der Waals surface area contributed by atoms with E-state index in [0.717, 1.165) is 11.7 Å². The minimum Gasteiger partial charge on any atom is -1.00 e. The minimum atomic E-state index is 0. The fourth-order valence-corrected chi connectivity index (χ4v) is 4.25. The number of para-hydroxylation sites is 2. The van der Waals surface area contributed by atoms with Crippen molar-refractivity contribution in [2.75, 3.05) is 39.8 Å². The SMILES string of the molecule is COc1ccccc1[NH+]1CC[NH+](CCC2CCCCC2)CC1.[Cl-].[Cl-]. The Kier molecular flexibility index (Phi) is 10.1. The predicted molar refractivity (Wildman–Crippen MR) is 90.1 cm³/mol. The molecule has 0 radical (unpaired) electrons. The van der Waals surface area contributed by atoms with Gasteiger partial charge in [0, 0.05) is 6.07 Å².